The molecular formula is C11H18N4O2. The van der Waals surface area contributed by atoms with Crippen LogP contribution in [0.15, 0.2) is 6.33 Å². The van der Waals surface area contributed by atoms with Crippen molar-refractivity contribution < 1.29 is 4.92 Å². The largest absolute Gasteiger partial charge is 0.406 e. The minimum atomic E-state index is -0.437. The zero-order valence-electron chi connectivity index (χ0n) is 10.2. The lowest BCUT2D eigenvalue weighted by Gasteiger charge is -2.27. The summed E-state index contributed by atoms with van der Waals surface area (Å²) in [5.74, 6) is 1.22. The highest BCUT2D eigenvalue weighted by Gasteiger charge is 2.24. The fourth-order valence-corrected chi connectivity index (χ4v) is 2.32. The molecule has 6 heteroatoms. The number of nitro groups is 1. The maximum Gasteiger partial charge on any atom is 0.406 e. The number of aromatic nitrogens is 2. The molecule has 0 radical (unpaired) electrons. The second kappa shape index (κ2) is 4.73. The predicted octanol–water partition coefficient (Wildman–Crippen LogP) is 2.32. The van der Waals surface area contributed by atoms with Gasteiger partial charge in [0, 0.05) is 13.1 Å². The Balaban J connectivity index is 2.08. The number of aryl methyl sites for hydroxylation is 1. The molecule has 1 saturated carbocycles. The van der Waals surface area contributed by atoms with E-state index in [0.717, 1.165) is 18.8 Å². The van der Waals surface area contributed by atoms with Gasteiger partial charge in [-0.25, -0.2) is 0 Å². The lowest BCUT2D eigenvalue weighted by atomic mass is 9.87. The molecule has 0 amide bonds. The van der Waals surface area contributed by atoms with E-state index in [1.165, 1.54) is 19.2 Å². The van der Waals surface area contributed by atoms with Gasteiger partial charge >= 0.3 is 5.82 Å². The Bertz CT molecular complexity index is 408. The lowest BCUT2D eigenvalue weighted by Crippen LogP contribution is -2.26. The van der Waals surface area contributed by atoms with Gasteiger partial charge in [0.25, 0.3) is 0 Å². The summed E-state index contributed by atoms with van der Waals surface area (Å²) in [5.41, 5.74) is 0. The summed E-state index contributed by atoms with van der Waals surface area (Å²) in [4.78, 5) is 14.2. The molecule has 0 atom stereocenters. The number of nitrogens with zero attached hydrogens (tertiary/aromatic N) is 3. The van der Waals surface area contributed by atoms with E-state index in [9.17, 15) is 10.1 Å². The average molecular weight is 238 g/mol. The molecule has 1 aliphatic carbocycles. The van der Waals surface area contributed by atoms with Crippen LogP contribution >= 0.6 is 0 Å². The van der Waals surface area contributed by atoms with E-state index in [1.54, 1.807) is 11.6 Å². The van der Waals surface area contributed by atoms with Gasteiger partial charge in [-0.15, -0.1) is 0 Å². The van der Waals surface area contributed by atoms with Crippen molar-refractivity contribution in [3.05, 3.63) is 16.4 Å². The third-order valence-electron chi connectivity index (χ3n) is 3.45. The minimum Gasteiger partial charge on any atom is -0.362 e. The number of hydrogen-bond donors (Lipinski definition) is 1. The lowest BCUT2D eigenvalue weighted by molar-refractivity contribution is -0.388. The highest BCUT2D eigenvalue weighted by Crippen LogP contribution is 2.28. The van der Waals surface area contributed by atoms with Gasteiger partial charge < -0.3 is 15.4 Å². The molecular weight excluding hydrogens is 220 g/mol. The van der Waals surface area contributed by atoms with Gasteiger partial charge in [0.15, 0.2) is 0 Å². The molecule has 0 unspecified atom stereocenters. The van der Waals surface area contributed by atoms with Gasteiger partial charge in [0.2, 0.25) is 12.1 Å². The molecule has 0 saturated heterocycles. The molecule has 1 heterocycles. The topological polar surface area (TPSA) is 73.0 Å². The van der Waals surface area contributed by atoms with Crippen molar-refractivity contribution in [2.24, 2.45) is 13.0 Å². The Labute approximate surface area is 100 Å². The van der Waals surface area contributed by atoms with E-state index in [4.69, 9.17) is 0 Å². The monoisotopic (exact) mass is 238 g/mol. The molecule has 6 nitrogen and oxygen atoms in total. The smallest absolute Gasteiger partial charge is 0.362 e. The molecule has 0 aliphatic heterocycles. The van der Waals surface area contributed by atoms with Crippen LogP contribution in [-0.2, 0) is 7.05 Å². The maximum absolute atomic E-state index is 10.8. The Morgan fingerprint density at radius 2 is 2.12 bits per heavy atom. The quantitative estimate of drug-likeness (QED) is 0.647. The number of hydrogen-bond acceptors (Lipinski definition) is 4. The molecule has 0 aromatic carbocycles. The van der Waals surface area contributed by atoms with Gasteiger partial charge in [-0.05, 0) is 41.5 Å². The number of rotatable bonds is 3. The summed E-state index contributed by atoms with van der Waals surface area (Å²) in [7, 11) is 1.77. The summed E-state index contributed by atoms with van der Waals surface area (Å²) in [5, 5.41) is 14.1. The van der Waals surface area contributed by atoms with Crippen LogP contribution in [0.25, 0.3) is 0 Å². The van der Waals surface area contributed by atoms with Crippen LogP contribution < -0.4 is 5.32 Å². The van der Waals surface area contributed by atoms with E-state index in [1.807, 2.05) is 0 Å². The van der Waals surface area contributed by atoms with Gasteiger partial charge in [0.05, 0.1) is 0 Å². The zero-order valence-corrected chi connectivity index (χ0v) is 10.2. The molecule has 1 fully saturated rings. The first-order chi connectivity index (χ1) is 8.08. The van der Waals surface area contributed by atoms with Crippen molar-refractivity contribution in [3.63, 3.8) is 0 Å². The highest BCUT2D eigenvalue weighted by atomic mass is 16.6. The van der Waals surface area contributed by atoms with E-state index in [0.29, 0.717) is 11.9 Å². The SMILES string of the molecule is CC1CCC(Nc2c([N+](=O)[O-])ncn2C)CC1. The second-order valence-electron chi connectivity index (χ2n) is 4.89. The molecule has 1 N–H and O–H groups in total. The third-order valence-corrected chi connectivity index (χ3v) is 3.45. The normalized spacial score (nSPS) is 24.6. The van der Waals surface area contributed by atoms with Crippen LogP contribution in [0.3, 0.4) is 0 Å². The molecule has 1 aromatic heterocycles. The first-order valence-corrected chi connectivity index (χ1v) is 6.00. The maximum atomic E-state index is 10.8. The standard InChI is InChI=1S/C11H18N4O2/c1-8-3-5-9(6-4-8)13-11-10(15(16)17)12-7-14(11)2/h7-9,13H,3-6H2,1-2H3. The van der Waals surface area contributed by atoms with Gasteiger partial charge in [-0.3, -0.25) is 4.57 Å². The molecule has 17 heavy (non-hydrogen) atoms. The van der Waals surface area contributed by atoms with Crippen LogP contribution in [0.5, 0.6) is 0 Å². The van der Waals surface area contributed by atoms with Crippen molar-refractivity contribution in [1.82, 2.24) is 9.55 Å². The Morgan fingerprint density at radius 1 is 1.47 bits per heavy atom. The van der Waals surface area contributed by atoms with Gasteiger partial charge in [-0.1, -0.05) is 6.92 Å². The predicted molar refractivity (Wildman–Crippen MR) is 64.9 cm³/mol. The molecule has 0 spiro atoms. The van der Waals surface area contributed by atoms with Crippen molar-refractivity contribution in [2.45, 2.75) is 38.6 Å². The number of imidazole rings is 1. The second-order valence-corrected chi connectivity index (χ2v) is 4.89. The van der Waals surface area contributed by atoms with E-state index >= 15 is 0 Å². The Kier molecular flexibility index (Phi) is 3.31. The van der Waals surface area contributed by atoms with E-state index in [2.05, 4.69) is 17.2 Å². The summed E-state index contributed by atoms with van der Waals surface area (Å²) >= 11 is 0. The van der Waals surface area contributed by atoms with Crippen LogP contribution in [0.2, 0.25) is 0 Å². The minimum absolute atomic E-state index is 0.0777. The van der Waals surface area contributed by atoms with Crippen LogP contribution in [0.1, 0.15) is 32.6 Å². The van der Waals surface area contributed by atoms with Crippen LogP contribution in [-0.4, -0.2) is 20.5 Å². The van der Waals surface area contributed by atoms with Crippen molar-refractivity contribution in [2.75, 3.05) is 5.32 Å². The van der Waals surface area contributed by atoms with Crippen LogP contribution in [0, 0.1) is 16.0 Å². The average Bonchev–Trinajstić information content (AvgIpc) is 2.64. The van der Waals surface area contributed by atoms with E-state index < -0.39 is 4.92 Å². The first kappa shape index (κ1) is 11.9. The molecule has 94 valence electrons. The van der Waals surface area contributed by atoms with Crippen molar-refractivity contribution >= 4 is 11.6 Å². The fourth-order valence-electron chi connectivity index (χ4n) is 2.32. The molecule has 1 aliphatic rings. The molecule has 2 rings (SSSR count). The number of anilines is 1. The van der Waals surface area contributed by atoms with Crippen molar-refractivity contribution in [1.29, 1.82) is 0 Å². The summed E-state index contributed by atoms with van der Waals surface area (Å²) in [6.45, 7) is 2.25. The fraction of sp³-hybridized carbons (Fsp3) is 0.727. The van der Waals surface area contributed by atoms with E-state index in [-0.39, 0.29) is 5.82 Å². The number of nitrogens with one attached hydrogen (secondary N) is 1. The molecule has 1 aromatic rings. The van der Waals surface area contributed by atoms with Gasteiger partial charge in [-0.2, -0.15) is 0 Å². The Morgan fingerprint density at radius 3 is 2.71 bits per heavy atom. The zero-order chi connectivity index (χ0) is 12.4. The highest BCUT2D eigenvalue weighted by molar-refractivity contribution is 5.52. The summed E-state index contributed by atoms with van der Waals surface area (Å²) in [6, 6.07) is 0.334. The third kappa shape index (κ3) is 2.57. The van der Waals surface area contributed by atoms with Gasteiger partial charge in [0.1, 0.15) is 0 Å². The summed E-state index contributed by atoms with van der Waals surface area (Å²) < 4.78 is 1.68. The van der Waals surface area contributed by atoms with Crippen LogP contribution in [0.4, 0.5) is 11.6 Å². The van der Waals surface area contributed by atoms with Crippen molar-refractivity contribution in [3.8, 4) is 0 Å². The molecule has 0 bridgehead atoms. The first-order valence-electron chi connectivity index (χ1n) is 6.00. The Hall–Kier alpha value is -1.59. The summed E-state index contributed by atoms with van der Waals surface area (Å²) in [6.07, 6.45) is 5.99.